The minimum absolute atomic E-state index is 0.0920. The first-order valence-corrected chi connectivity index (χ1v) is 12.3. The monoisotopic (exact) mass is 518 g/mol. The SMILES string of the molecule is CC(=O)Nc1ccc(C(N)C(=O)NC2C(=O)N3C(C(=O)O)=C(C(C)Sc4nn[nH]n4)CS[C@@H]23)cc1. The number of nitrogens with zero attached hydrogens (tertiary/aromatic N) is 4. The molecule has 3 unspecified atom stereocenters. The van der Waals surface area contributed by atoms with Crippen LogP contribution in [0.4, 0.5) is 5.69 Å². The molecular weight excluding hydrogens is 496 g/mol. The number of nitrogens with one attached hydrogen (secondary N) is 3. The lowest BCUT2D eigenvalue weighted by atomic mass is 10.0. The van der Waals surface area contributed by atoms with Crippen LogP contribution in [0, 0.1) is 0 Å². The maximum atomic E-state index is 12.9. The fourth-order valence-corrected chi connectivity index (χ4v) is 6.17. The van der Waals surface area contributed by atoms with Crippen LogP contribution in [0.25, 0.3) is 0 Å². The number of hydrogen-bond donors (Lipinski definition) is 5. The van der Waals surface area contributed by atoms with Gasteiger partial charge in [0.15, 0.2) is 0 Å². The van der Waals surface area contributed by atoms with Gasteiger partial charge in [-0.05, 0) is 35.4 Å². The number of amides is 3. The van der Waals surface area contributed by atoms with Crippen molar-refractivity contribution in [3.63, 3.8) is 0 Å². The van der Waals surface area contributed by atoms with Crippen molar-refractivity contribution < 1.29 is 24.3 Å². The summed E-state index contributed by atoms with van der Waals surface area (Å²) in [6, 6.07) is 4.52. The molecule has 1 saturated heterocycles. The molecule has 2 aliphatic heterocycles. The summed E-state index contributed by atoms with van der Waals surface area (Å²) >= 11 is 2.59. The van der Waals surface area contributed by atoms with Gasteiger partial charge in [0.25, 0.3) is 5.91 Å². The summed E-state index contributed by atoms with van der Waals surface area (Å²) in [5.41, 5.74) is 7.60. The number of carboxylic acid groups (broad SMARTS) is 1. The molecule has 13 nitrogen and oxygen atoms in total. The molecule has 2 aliphatic rings. The number of nitrogens with two attached hydrogens (primary N) is 1. The van der Waals surface area contributed by atoms with Gasteiger partial charge in [-0.2, -0.15) is 5.21 Å². The highest BCUT2D eigenvalue weighted by molar-refractivity contribution is 8.01. The average molecular weight is 519 g/mol. The summed E-state index contributed by atoms with van der Waals surface area (Å²) < 4.78 is 0. The molecule has 0 aliphatic carbocycles. The third-order valence-corrected chi connectivity index (χ3v) is 7.79. The number of aliphatic carboxylic acids is 1. The number of carboxylic acids is 1. The molecule has 0 spiro atoms. The van der Waals surface area contributed by atoms with Crippen LogP contribution in [0.5, 0.6) is 0 Å². The number of β-lactam (4-membered cyclic amide) rings is 1. The van der Waals surface area contributed by atoms with Crippen LogP contribution in [0.15, 0.2) is 40.7 Å². The fraction of sp³-hybridized carbons (Fsp3) is 0.350. The third kappa shape index (κ3) is 5.01. The summed E-state index contributed by atoms with van der Waals surface area (Å²) in [4.78, 5) is 50.1. The van der Waals surface area contributed by atoms with E-state index in [2.05, 4.69) is 31.3 Å². The zero-order valence-corrected chi connectivity index (χ0v) is 20.2. The van der Waals surface area contributed by atoms with Crippen molar-refractivity contribution in [2.24, 2.45) is 5.73 Å². The Morgan fingerprint density at radius 3 is 2.63 bits per heavy atom. The van der Waals surface area contributed by atoms with Crippen LogP contribution in [0.2, 0.25) is 0 Å². The van der Waals surface area contributed by atoms with E-state index >= 15 is 0 Å². The number of aromatic amines is 1. The Kier molecular flexibility index (Phi) is 7.09. The van der Waals surface area contributed by atoms with Crippen molar-refractivity contribution in [1.29, 1.82) is 0 Å². The Hall–Kier alpha value is -3.43. The van der Waals surface area contributed by atoms with Crippen molar-refractivity contribution in [2.45, 2.75) is 41.7 Å². The highest BCUT2D eigenvalue weighted by atomic mass is 32.2. The van der Waals surface area contributed by atoms with E-state index in [1.165, 1.54) is 35.3 Å². The summed E-state index contributed by atoms with van der Waals surface area (Å²) in [5.74, 6) is -2.18. The first kappa shape index (κ1) is 24.7. The maximum Gasteiger partial charge on any atom is 0.352 e. The standard InChI is InChI=1S/C20H22N8O5S2/c1-8(35-20-24-26-27-25-20)12-7-34-18-14(17(31)28(18)15(12)19(32)33)23-16(30)13(21)10-3-5-11(6-4-10)22-9(2)29/h3-6,8,13-14,18H,7,21H2,1-2H3,(H,22,29)(H,23,30)(H,32,33)(H,24,25,26,27)/t8?,13?,14?,18-/m0/s1. The molecule has 1 aromatic carbocycles. The second-order valence-corrected chi connectivity index (χ2v) is 10.2. The number of carbonyl (C=O) groups excluding carboxylic acids is 3. The molecule has 184 valence electrons. The second-order valence-electron chi connectivity index (χ2n) is 7.81. The van der Waals surface area contributed by atoms with Crippen LogP contribution in [0.1, 0.15) is 25.5 Å². The molecule has 0 saturated carbocycles. The van der Waals surface area contributed by atoms with Gasteiger partial charge in [-0.3, -0.25) is 19.3 Å². The van der Waals surface area contributed by atoms with Gasteiger partial charge in [-0.15, -0.1) is 22.0 Å². The number of aromatic nitrogens is 4. The lowest BCUT2D eigenvalue weighted by Crippen LogP contribution is -2.71. The first-order chi connectivity index (χ1) is 16.7. The zero-order valence-electron chi connectivity index (χ0n) is 18.6. The van der Waals surface area contributed by atoms with Gasteiger partial charge < -0.3 is 21.5 Å². The summed E-state index contributed by atoms with van der Waals surface area (Å²) in [6.45, 7) is 3.19. The molecule has 1 aromatic heterocycles. The lowest BCUT2D eigenvalue weighted by molar-refractivity contribution is -0.150. The van der Waals surface area contributed by atoms with Gasteiger partial charge in [0.05, 0.1) is 0 Å². The molecular formula is C20H22N8O5S2. The van der Waals surface area contributed by atoms with Crippen LogP contribution >= 0.6 is 23.5 Å². The van der Waals surface area contributed by atoms with E-state index in [1.54, 1.807) is 31.2 Å². The molecule has 4 atom stereocenters. The van der Waals surface area contributed by atoms with Gasteiger partial charge in [-0.25, -0.2) is 4.79 Å². The number of rotatable bonds is 8. The van der Waals surface area contributed by atoms with E-state index in [9.17, 15) is 24.3 Å². The summed E-state index contributed by atoms with van der Waals surface area (Å²) in [7, 11) is 0. The highest BCUT2D eigenvalue weighted by Gasteiger charge is 2.54. The van der Waals surface area contributed by atoms with Crippen molar-refractivity contribution in [2.75, 3.05) is 11.1 Å². The molecule has 15 heteroatoms. The van der Waals surface area contributed by atoms with E-state index < -0.39 is 35.2 Å². The quantitative estimate of drug-likeness (QED) is 0.234. The van der Waals surface area contributed by atoms with Crippen LogP contribution in [-0.4, -0.2) is 76.7 Å². The van der Waals surface area contributed by atoms with Gasteiger partial charge in [0, 0.05) is 23.6 Å². The zero-order chi connectivity index (χ0) is 25.3. The number of fused-ring (bicyclic) bond motifs is 1. The molecule has 0 radical (unpaired) electrons. The van der Waals surface area contributed by atoms with E-state index in [4.69, 9.17) is 5.73 Å². The second kappa shape index (κ2) is 10.1. The summed E-state index contributed by atoms with van der Waals surface area (Å²) in [6.07, 6.45) is 0. The predicted molar refractivity (Wildman–Crippen MR) is 127 cm³/mol. The molecule has 6 N–H and O–H groups in total. The number of H-pyrrole nitrogens is 1. The number of benzene rings is 1. The van der Waals surface area contributed by atoms with Crippen LogP contribution < -0.4 is 16.4 Å². The Balaban J connectivity index is 1.44. The largest absolute Gasteiger partial charge is 0.477 e. The molecule has 1 fully saturated rings. The van der Waals surface area contributed by atoms with Crippen molar-refractivity contribution in [3.8, 4) is 0 Å². The first-order valence-electron chi connectivity index (χ1n) is 10.4. The van der Waals surface area contributed by atoms with Gasteiger partial charge in [0.2, 0.25) is 17.0 Å². The Labute approximate surface area is 207 Å². The molecule has 35 heavy (non-hydrogen) atoms. The summed E-state index contributed by atoms with van der Waals surface area (Å²) in [5, 5.41) is 28.2. The van der Waals surface area contributed by atoms with Crippen LogP contribution in [-0.2, 0) is 19.2 Å². The molecule has 2 aromatic rings. The van der Waals surface area contributed by atoms with E-state index in [1.807, 2.05) is 0 Å². The number of carbonyl (C=O) groups is 4. The Morgan fingerprint density at radius 1 is 1.31 bits per heavy atom. The number of hydrogen-bond acceptors (Lipinski definition) is 10. The van der Waals surface area contributed by atoms with Crippen molar-refractivity contribution in [1.82, 2.24) is 30.8 Å². The molecule has 0 bridgehead atoms. The normalized spacial score (nSPS) is 21.0. The average Bonchev–Trinajstić information content (AvgIpc) is 3.33. The topological polar surface area (TPSA) is 196 Å². The van der Waals surface area contributed by atoms with Crippen LogP contribution in [0.3, 0.4) is 0 Å². The van der Waals surface area contributed by atoms with E-state index in [0.717, 1.165) is 0 Å². The number of tetrazole rings is 1. The van der Waals surface area contributed by atoms with Gasteiger partial charge >= 0.3 is 5.97 Å². The van der Waals surface area contributed by atoms with Crippen molar-refractivity contribution in [3.05, 3.63) is 41.1 Å². The smallest absolute Gasteiger partial charge is 0.352 e. The van der Waals surface area contributed by atoms with Crippen molar-refractivity contribution >= 4 is 52.9 Å². The third-order valence-electron chi connectivity index (χ3n) is 5.47. The minimum Gasteiger partial charge on any atom is -0.477 e. The molecule has 3 amide bonds. The fourth-order valence-electron chi connectivity index (χ4n) is 3.76. The van der Waals surface area contributed by atoms with E-state index in [-0.39, 0.29) is 16.9 Å². The van der Waals surface area contributed by atoms with E-state index in [0.29, 0.717) is 27.7 Å². The highest BCUT2D eigenvalue weighted by Crippen LogP contribution is 2.43. The number of anilines is 1. The molecule has 4 rings (SSSR count). The number of thioether (sulfide) groups is 2. The predicted octanol–water partition coefficient (Wildman–Crippen LogP) is 0.0773. The minimum atomic E-state index is -1.22. The Morgan fingerprint density at radius 2 is 2.03 bits per heavy atom. The maximum absolute atomic E-state index is 12.9. The molecule has 3 heterocycles. The lowest BCUT2D eigenvalue weighted by Gasteiger charge is -2.50. The van der Waals surface area contributed by atoms with Gasteiger partial charge in [-0.1, -0.05) is 23.9 Å². The van der Waals surface area contributed by atoms with Gasteiger partial charge in [0.1, 0.15) is 23.2 Å². The Bertz CT molecular complexity index is 1190.